The highest BCUT2D eigenvalue weighted by Gasteiger charge is 2.46. The van der Waals surface area contributed by atoms with E-state index in [-0.39, 0.29) is 11.5 Å². The second-order valence-electron chi connectivity index (χ2n) is 6.49. The highest BCUT2D eigenvalue weighted by Crippen LogP contribution is 2.36. The fraction of sp³-hybridized carbons (Fsp3) is 0.529. The predicted molar refractivity (Wildman–Crippen MR) is 85.5 cm³/mol. The molecule has 4 rings (SSSR count). The van der Waals surface area contributed by atoms with Crippen LogP contribution in [0.1, 0.15) is 31.9 Å². The number of pyridine rings is 1. The molecule has 23 heavy (non-hydrogen) atoms. The molecule has 2 aromatic rings. The average Bonchev–Trinajstić information content (AvgIpc) is 3.11. The highest BCUT2D eigenvalue weighted by molar-refractivity contribution is 5.78. The van der Waals surface area contributed by atoms with E-state index in [1.54, 1.807) is 0 Å². The molecule has 1 amide bonds. The summed E-state index contributed by atoms with van der Waals surface area (Å²) in [5.41, 5.74) is 1.93. The van der Waals surface area contributed by atoms with Crippen LogP contribution in [-0.2, 0) is 16.2 Å². The van der Waals surface area contributed by atoms with E-state index in [2.05, 4.69) is 20.5 Å². The monoisotopic (exact) mass is 314 g/mol. The summed E-state index contributed by atoms with van der Waals surface area (Å²) in [5, 5.41) is 1.53. The summed E-state index contributed by atoms with van der Waals surface area (Å²) in [6.45, 7) is 5.37. The molecule has 2 aliphatic rings. The van der Waals surface area contributed by atoms with E-state index in [1.165, 1.54) is 10.8 Å². The molecule has 2 aromatic heterocycles. The van der Waals surface area contributed by atoms with E-state index in [1.807, 2.05) is 31.3 Å². The van der Waals surface area contributed by atoms with Gasteiger partial charge in [-0.2, -0.15) is 0 Å². The van der Waals surface area contributed by atoms with E-state index in [4.69, 9.17) is 4.84 Å². The molecule has 0 atom stereocenters. The van der Waals surface area contributed by atoms with Gasteiger partial charge in [0.1, 0.15) is 11.2 Å². The van der Waals surface area contributed by atoms with Crippen LogP contribution in [0.3, 0.4) is 0 Å². The van der Waals surface area contributed by atoms with Crippen LogP contribution < -0.4 is 0 Å². The Morgan fingerprint density at radius 2 is 2.13 bits per heavy atom. The van der Waals surface area contributed by atoms with Crippen molar-refractivity contribution in [2.24, 2.45) is 0 Å². The predicted octanol–water partition coefficient (Wildman–Crippen LogP) is 1.85. The van der Waals surface area contributed by atoms with Gasteiger partial charge in [-0.3, -0.25) is 14.5 Å². The normalized spacial score (nSPS) is 21.6. The summed E-state index contributed by atoms with van der Waals surface area (Å²) >= 11 is 0. The average molecular weight is 314 g/mol. The first-order valence-electron chi connectivity index (χ1n) is 8.32. The minimum atomic E-state index is -0.261. The summed E-state index contributed by atoms with van der Waals surface area (Å²) in [6, 6.07) is 6.05. The standard InChI is InChI=1S/C17H22N4O2/c1-2-21-16(22)11-17(23-21)6-9-19(10-7-17)13-14-12-18-15-5-3-4-8-20(14)15/h3-5,8,12H,2,6-7,9-11,13H2,1H3. The lowest BCUT2D eigenvalue weighted by Crippen LogP contribution is -2.44. The maximum atomic E-state index is 11.9. The molecule has 0 saturated carbocycles. The van der Waals surface area contributed by atoms with Gasteiger partial charge in [0.2, 0.25) is 5.91 Å². The molecule has 0 N–H and O–H groups in total. The van der Waals surface area contributed by atoms with Gasteiger partial charge >= 0.3 is 0 Å². The van der Waals surface area contributed by atoms with Gasteiger partial charge < -0.3 is 4.40 Å². The van der Waals surface area contributed by atoms with Crippen LogP contribution in [0, 0.1) is 0 Å². The Balaban J connectivity index is 1.41. The van der Waals surface area contributed by atoms with Crippen molar-refractivity contribution in [3.63, 3.8) is 0 Å². The van der Waals surface area contributed by atoms with Crippen LogP contribution in [0.2, 0.25) is 0 Å². The van der Waals surface area contributed by atoms with Gasteiger partial charge in [0.25, 0.3) is 0 Å². The number of piperidine rings is 1. The summed E-state index contributed by atoms with van der Waals surface area (Å²) in [4.78, 5) is 24.8. The van der Waals surface area contributed by atoms with E-state index >= 15 is 0 Å². The zero-order valence-corrected chi connectivity index (χ0v) is 13.4. The first kappa shape index (κ1) is 14.7. The SMILES string of the molecule is CCN1OC2(CCN(Cc3cnc4ccccn34)CC2)CC1=O. The Bertz CT molecular complexity index is 718. The maximum Gasteiger partial charge on any atom is 0.249 e. The zero-order chi connectivity index (χ0) is 15.9. The third-order valence-corrected chi connectivity index (χ3v) is 4.99. The Hall–Kier alpha value is -1.92. The molecule has 4 heterocycles. The molecule has 0 bridgehead atoms. The number of hydrogen-bond donors (Lipinski definition) is 0. The number of amides is 1. The number of carbonyl (C=O) groups excluding carboxylic acids is 1. The maximum absolute atomic E-state index is 11.9. The molecule has 6 nitrogen and oxygen atoms in total. The Morgan fingerprint density at radius 3 is 2.87 bits per heavy atom. The van der Waals surface area contributed by atoms with Gasteiger partial charge in [-0.1, -0.05) is 6.07 Å². The van der Waals surface area contributed by atoms with Gasteiger partial charge in [0.05, 0.1) is 18.3 Å². The largest absolute Gasteiger partial charge is 0.303 e. The number of rotatable bonds is 3. The number of imidazole rings is 1. The van der Waals surface area contributed by atoms with E-state index < -0.39 is 0 Å². The van der Waals surface area contributed by atoms with E-state index in [0.717, 1.165) is 38.1 Å². The quantitative estimate of drug-likeness (QED) is 0.867. The molecule has 0 aliphatic carbocycles. The number of hydrogen-bond acceptors (Lipinski definition) is 4. The van der Waals surface area contributed by atoms with Gasteiger partial charge in [0, 0.05) is 32.4 Å². The van der Waals surface area contributed by atoms with Crippen molar-refractivity contribution in [2.75, 3.05) is 19.6 Å². The van der Waals surface area contributed by atoms with Crippen molar-refractivity contribution in [3.05, 3.63) is 36.3 Å². The van der Waals surface area contributed by atoms with Gasteiger partial charge in [-0.05, 0) is 31.9 Å². The third kappa shape index (κ3) is 2.62. The summed E-state index contributed by atoms with van der Waals surface area (Å²) in [6.07, 6.45) is 6.36. The van der Waals surface area contributed by atoms with Gasteiger partial charge in [0.15, 0.2) is 0 Å². The van der Waals surface area contributed by atoms with Crippen LogP contribution >= 0.6 is 0 Å². The molecule has 0 aromatic carbocycles. The molecular formula is C17H22N4O2. The van der Waals surface area contributed by atoms with Gasteiger partial charge in [-0.25, -0.2) is 10.0 Å². The Morgan fingerprint density at radius 1 is 1.30 bits per heavy atom. The number of carbonyl (C=O) groups is 1. The van der Waals surface area contributed by atoms with Crippen molar-refractivity contribution < 1.29 is 9.63 Å². The molecule has 2 aliphatic heterocycles. The van der Waals surface area contributed by atoms with Crippen LogP contribution in [0.4, 0.5) is 0 Å². The second kappa shape index (κ2) is 5.62. The minimum absolute atomic E-state index is 0.128. The summed E-state index contributed by atoms with van der Waals surface area (Å²) in [7, 11) is 0. The topological polar surface area (TPSA) is 50.1 Å². The number of fused-ring (bicyclic) bond motifs is 1. The fourth-order valence-corrected chi connectivity index (χ4v) is 3.64. The van der Waals surface area contributed by atoms with Crippen molar-refractivity contribution in [2.45, 2.75) is 38.3 Å². The smallest absolute Gasteiger partial charge is 0.249 e. The molecule has 0 radical (unpaired) electrons. The molecule has 122 valence electrons. The second-order valence-corrected chi connectivity index (χ2v) is 6.49. The van der Waals surface area contributed by atoms with Crippen molar-refractivity contribution in [1.29, 1.82) is 0 Å². The van der Waals surface area contributed by atoms with Crippen LogP contribution in [0.25, 0.3) is 5.65 Å². The lowest BCUT2D eigenvalue weighted by atomic mass is 9.88. The molecule has 2 fully saturated rings. The lowest BCUT2D eigenvalue weighted by Gasteiger charge is -2.37. The highest BCUT2D eigenvalue weighted by atomic mass is 16.7. The number of nitrogens with zero attached hydrogens (tertiary/aromatic N) is 4. The zero-order valence-electron chi connectivity index (χ0n) is 13.4. The van der Waals surface area contributed by atoms with Crippen molar-refractivity contribution >= 4 is 11.6 Å². The first-order valence-corrected chi connectivity index (χ1v) is 8.32. The number of hydroxylamine groups is 2. The number of aromatic nitrogens is 2. The van der Waals surface area contributed by atoms with Gasteiger partial charge in [-0.15, -0.1) is 0 Å². The molecule has 1 spiro atoms. The van der Waals surface area contributed by atoms with E-state index in [9.17, 15) is 4.79 Å². The van der Waals surface area contributed by atoms with Crippen molar-refractivity contribution in [3.8, 4) is 0 Å². The molecular weight excluding hydrogens is 292 g/mol. The molecule has 2 saturated heterocycles. The van der Waals surface area contributed by atoms with Crippen molar-refractivity contribution in [1.82, 2.24) is 19.3 Å². The Labute approximate surface area is 135 Å². The van der Waals surface area contributed by atoms with Crippen LogP contribution in [0.15, 0.2) is 30.6 Å². The Kier molecular flexibility index (Phi) is 3.58. The number of likely N-dealkylation sites (tertiary alicyclic amines) is 1. The first-order chi connectivity index (χ1) is 11.2. The summed E-state index contributed by atoms with van der Waals surface area (Å²) < 4.78 is 2.14. The van der Waals surface area contributed by atoms with Crippen LogP contribution in [0.5, 0.6) is 0 Å². The molecule has 6 heteroatoms. The molecule has 0 unspecified atom stereocenters. The lowest BCUT2D eigenvalue weighted by molar-refractivity contribution is -0.208. The summed E-state index contributed by atoms with van der Waals surface area (Å²) in [5.74, 6) is 0.128. The van der Waals surface area contributed by atoms with Crippen LogP contribution in [-0.4, -0.2) is 50.5 Å². The minimum Gasteiger partial charge on any atom is -0.303 e. The third-order valence-electron chi connectivity index (χ3n) is 4.99. The fourth-order valence-electron chi connectivity index (χ4n) is 3.64. The van der Waals surface area contributed by atoms with E-state index in [0.29, 0.717) is 13.0 Å².